The minimum absolute atomic E-state index is 0.138. The first-order valence-corrected chi connectivity index (χ1v) is 10.2. The zero-order valence-corrected chi connectivity index (χ0v) is 16.1. The van der Waals surface area contributed by atoms with Crippen molar-refractivity contribution < 1.29 is 23.2 Å². The van der Waals surface area contributed by atoms with E-state index >= 15 is 0 Å². The van der Waals surface area contributed by atoms with Crippen molar-refractivity contribution in [2.75, 3.05) is 26.1 Å². The number of carbonyl (C=O) groups excluding carboxylic acids is 1. The third-order valence-corrected chi connectivity index (χ3v) is 5.47. The Labute approximate surface area is 161 Å². The zero-order valence-electron chi connectivity index (χ0n) is 15.2. The first-order chi connectivity index (χ1) is 13.2. The Balaban J connectivity index is 1.49. The summed E-state index contributed by atoms with van der Waals surface area (Å²) in [6, 6.07) is 12.8. The molecule has 0 fully saturated rings. The number of amides is 1. The first-order valence-electron chi connectivity index (χ1n) is 8.83. The molecule has 0 saturated carbocycles. The van der Waals surface area contributed by atoms with Gasteiger partial charge in [0.25, 0.3) is 0 Å². The van der Waals surface area contributed by atoms with Crippen molar-refractivity contribution in [1.82, 2.24) is 5.32 Å². The second-order valence-corrected chi connectivity index (χ2v) is 7.66. The van der Waals surface area contributed by atoms with Crippen LogP contribution in [-0.2, 0) is 22.1 Å². The van der Waals surface area contributed by atoms with E-state index < -0.39 is 10.8 Å². The van der Waals surface area contributed by atoms with E-state index in [2.05, 4.69) is 5.32 Å². The lowest BCUT2D eigenvalue weighted by atomic mass is 10.2. The first kappa shape index (κ1) is 19.2. The Morgan fingerprint density at radius 1 is 1.15 bits per heavy atom. The highest BCUT2D eigenvalue weighted by Gasteiger charge is 2.14. The van der Waals surface area contributed by atoms with Crippen LogP contribution in [0.3, 0.4) is 0 Å². The van der Waals surface area contributed by atoms with Gasteiger partial charge in [-0.2, -0.15) is 0 Å². The lowest BCUT2D eigenvalue weighted by Crippen LogP contribution is -2.24. The van der Waals surface area contributed by atoms with Crippen molar-refractivity contribution in [3.05, 3.63) is 48.0 Å². The largest absolute Gasteiger partial charge is 0.497 e. The van der Waals surface area contributed by atoms with Gasteiger partial charge < -0.3 is 19.5 Å². The van der Waals surface area contributed by atoms with E-state index in [0.717, 1.165) is 17.7 Å². The molecule has 0 unspecified atom stereocenters. The van der Waals surface area contributed by atoms with Crippen molar-refractivity contribution in [3.63, 3.8) is 0 Å². The molecule has 0 bridgehead atoms. The third-order valence-electron chi connectivity index (χ3n) is 4.12. The van der Waals surface area contributed by atoms with Gasteiger partial charge in [0.2, 0.25) is 5.91 Å². The van der Waals surface area contributed by atoms with Crippen LogP contribution in [0.25, 0.3) is 0 Å². The van der Waals surface area contributed by atoms with Crippen LogP contribution in [0.4, 0.5) is 0 Å². The Morgan fingerprint density at radius 2 is 1.96 bits per heavy atom. The normalized spacial score (nSPS) is 14.1. The van der Waals surface area contributed by atoms with E-state index in [4.69, 9.17) is 14.2 Å². The van der Waals surface area contributed by atoms with Crippen molar-refractivity contribution in [1.29, 1.82) is 0 Å². The van der Waals surface area contributed by atoms with Gasteiger partial charge in [-0.3, -0.25) is 9.00 Å². The third kappa shape index (κ3) is 5.47. The van der Waals surface area contributed by atoms with Crippen LogP contribution in [0.15, 0.2) is 47.4 Å². The Kier molecular flexibility index (Phi) is 6.70. The van der Waals surface area contributed by atoms with E-state index in [1.807, 2.05) is 24.3 Å². The molecule has 1 aliphatic rings. The maximum atomic E-state index is 12.5. The van der Waals surface area contributed by atoms with Crippen LogP contribution in [0.1, 0.15) is 18.4 Å². The molecule has 1 N–H and O–H groups in total. The quantitative estimate of drug-likeness (QED) is 0.788. The fourth-order valence-corrected chi connectivity index (χ4v) is 3.72. The van der Waals surface area contributed by atoms with Crippen molar-refractivity contribution in [3.8, 4) is 17.2 Å². The number of benzene rings is 2. The van der Waals surface area contributed by atoms with Gasteiger partial charge in [-0.25, -0.2) is 0 Å². The van der Waals surface area contributed by atoms with Crippen molar-refractivity contribution >= 4 is 16.7 Å². The van der Waals surface area contributed by atoms with Crippen LogP contribution in [0, 0.1) is 0 Å². The second kappa shape index (κ2) is 9.41. The average molecular weight is 389 g/mol. The summed E-state index contributed by atoms with van der Waals surface area (Å²) in [5.41, 5.74) is 0.951. The number of hydrogen-bond acceptors (Lipinski definition) is 5. The standard InChI is InChI=1S/C20H23NO5S/c1-24-16-5-2-4-15(12-16)14-21-20(22)8-11-27(23)17-6-7-18-19(13-17)26-10-3-9-25-18/h2,4-7,12-13H,3,8-11,14H2,1H3,(H,21,22)/t27-/m1/s1. The summed E-state index contributed by atoms with van der Waals surface area (Å²) in [7, 11) is 0.327. The van der Waals surface area contributed by atoms with Crippen LogP contribution >= 0.6 is 0 Å². The lowest BCUT2D eigenvalue weighted by molar-refractivity contribution is -0.120. The number of carbonyl (C=O) groups is 1. The Hall–Kier alpha value is -2.54. The van der Waals surface area contributed by atoms with Crippen molar-refractivity contribution in [2.24, 2.45) is 0 Å². The fraction of sp³-hybridized carbons (Fsp3) is 0.350. The van der Waals surface area contributed by atoms with E-state index in [9.17, 15) is 9.00 Å². The summed E-state index contributed by atoms with van der Waals surface area (Å²) < 4.78 is 28.9. The molecule has 0 aliphatic carbocycles. The summed E-state index contributed by atoms with van der Waals surface area (Å²) in [5.74, 6) is 2.15. The monoisotopic (exact) mass is 389 g/mol. The number of methoxy groups -OCH3 is 1. The number of ether oxygens (including phenoxy) is 3. The fourth-order valence-electron chi connectivity index (χ4n) is 2.66. The predicted molar refractivity (Wildman–Crippen MR) is 103 cm³/mol. The van der Waals surface area contributed by atoms with Gasteiger partial charge in [-0.05, 0) is 29.8 Å². The molecule has 0 radical (unpaired) electrons. The maximum absolute atomic E-state index is 12.5. The van der Waals surface area contributed by atoms with Gasteiger partial charge >= 0.3 is 0 Å². The van der Waals surface area contributed by atoms with Gasteiger partial charge in [0, 0.05) is 36.1 Å². The van der Waals surface area contributed by atoms with E-state index in [1.165, 1.54) is 0 Å². The Bertz CT molecular complexity index is 824. The van der Waals surface area contributed by atoms with Crippen LogP contribution < -0.4 is 19.5 Å². The van der Waals surface area contributed by atoms with E-state index in [0.29, 0.717) is 36.2 Å². The highest BCUT2D eigenvalue weighted by Crippen LogP contribution is 2.31. The van der Waals surface area contributed by atoms with Gasteiger partial charge in [0.1, 0.15) is 5.75 Å². The highest BCUT2D eigenvalue weighted by molar-refractivity contribution is 7.85. The van der Waals surface area contributed by atoms with Crippen LogP contribution in [0.2, 0.25) is 0 Å². The smallest absolute Gasteiger partial charge is 0.221 e. The number of fused-ring (bicyclic) bond motifs is 1. The molecule has 0 aromatic heterocycles. The molecule has 144 valence electrons. The molecule has 1 atom stereocenters. The molecular weight excluding hydrogens is 366 g/mol. The summed E-state index contributed by atoms with van der Waals surface area (Å²) in [6.07, 6.45) is 1.01. The molecule has 2 aromatic rings. The predicted octanol–water partition coefficient (Wildman–Crippen LogP) is 2.67. The molecule has 1 aliphatic heterocycles. The molecule has 2 aromatic carbocycles. The molecule has 1 heterocycles. The summed E-state index contributed by atoms with van der Waals surface area (Å²) >= 11 is 0. The molecular formula is C20H23NO5S. The molecule has 7 heteroatoms. The maximum Gasteiger partial charge on any atom is 0.221 e. The molecule has 3 rings (SSSR count). The highest BCUT2D eigenvalue weighted by atomic mass is 32.2. The topological polar surface area (TPSA) is 73.9 Å². The molecule has 0 saturated heterocycles. The molecule has 27 heavy (non-hydrogen) atoms. The SMILES string of the molecule is COc1cccc(CNC(=O)CC[S@@](=O)c2ccc3c(c2)OCCCO3)c1. The summed E-state index contributed by atoms with van der Waals surface area (Å²) in [5, 5.41) is 2.84. The number of hydrogen-bond donors (Lipinski definition) is 1. The lowest BCUT2D eigenvalue weighted by Gasteiger charge is -2.10. The zero-order chi connectivity index (χ0) is 19.1. The minimum atomic E-state index is -1.28. The Morgan fingerprint density at radius 3 is 2.78 bits per heavy atom. The van der Waals surface area contributed by atoms with Gasteiger partial charge in [-0.1, -0.05) is 12.1 Å². The van der Waals surface area contributed by atoms with E-state index in [1.54, 1.807) is 25.3 Å². The number of nitrogens with one attached hydrogen (secondary N) is 1. The molecule has 0 spiro atoms. The molecule has 1 amide bonds. The molecule has 6 nitrogen and oxygen atoms in total. The van der Waals surface area contributed by atoms with Crippen LogP contribution in [-0.4, -0.2) is 36.2 Å². The van der Waals surface area contributed by atoms with Gasteiger partial charge in [0.05, 0.1) is 31.1 Å². The summed E-state index contributed by atoms with van der Waals surface area (Å²) in [6.45, 7) is 1.60. The average Bonchev–Trinajstić information content (AvgIpc) is 2.95. The number of rotatable bonds is 7. The van der Waals surface area contributed by atoms with Crippen LogP contribution in [0.5, 0.6) is 17.2 Å². The van der Waals surface area contributed by atoms with E-state index in [-0.39, 0.29) is 18.1 Å². The second-order valence-electron chi connectivity index (χ2n) is 6.09. The van der Waals surface area contributed by atoms with Gasteiger partial charge in [0.15, 0.2) is 11.5 Å². The summed E-state index contributed by atoms with van der Waals surface area (Å²) in [4.78, 5) is 12.7. The van der Waals surface area contributed by atoms with Gasteiger partial charge in [-0.15, -0.1) is 0 Å². The van der Waals surface area contributed by atoms with Crippen molar-refractivity contribution in [2.45, 2.75) is 24.3 Å². The minimum Gasteiger partial charge on any atom is -0.497 e.